The molecule has 0 spiro atoms. The van der Waals surface area contributed by atoms with Crippen molar-refractivity contribution in [1.29, 1.82) is 0 Å². The van der Waals surface area contributed by atoms with Crippen LogP contribution in [0.4, 0.5) is 0 Å². The zero-order chi connectivity index (χ0) is 14.0. The fourth-order valence-corrected chi connectivity index (χ4v) is 3.38. The second-order valence-electron chi connectivity index (χ2n) is 5.05. The summed E-state index contributed by atoms with van der Waals surface area (Å²) in [6.45, 7) is 3.61. The van der Waals surface area contributed by atoms with E-state index in [0.29, 0.717) is 23.4 Å². The Bertz CT molecular complexity index is 504. The molecule has 104 valence electrons. The lowest BCUT2D eigenvalue weighted by Gasteiger charge is -2.33. The standard InChI is InChI=1S/C13H18N2O3S/c1-8-10(19-9(2)14-8)11(16)15-13(12(17)18)6-4-3-5-7-13/h3-7H2,1-2H3,(H,15,16)(H,17,18). The normalized spacial score (nSPS) is 18.0. The number of rotatable bonds is 3. The van der Waals surface area contributed by atoms with Gasteiger partial charge >= 0.3 is 5.97 Å². The molecule has 1 saturated carbocycles. The van der Waals surface area contributed by atoms with Gasteiger partial charge < -0.3 is 10.4 Å². The first-order valence-electron chi connectivity index (χ1n) is 6.44. The fraction of sp³-hybridized carbons (Fsp3) is 0.615. The summed E-state index contributed by atoms with van der Waals surface area (Å²) in [4.78, 5) is 28.5. The third kappa shape index (κ3) is 2.78. The van der Waals surface area contributed by atoms with E-state index in [9.17, 15) is 14.7 Å². The monoisotopic (exact) mass is 282 g/mol. The molecule has 1 aromatic rings. The van der Waals surface area contributed by atoms with Gasteiger partial charge in [-0.2, -0.15) is 0 Å². The van der Waals surface area contributed by atoms with Crippen LogP contribution in [0.2, 0.25) is 0 Å². The first-order valence-corrected chi connectivity index (χ1v) is 7.26. The van der Waals surface area contributed by atoms with Crippen LogP contribution < -0.4 is 5.32 Å². The van der Waals surface area contributed by atoms with Crippen molar-refractivity contribution < 1.29 is 14.7 Å². The number of hydrogen-bond donors (Lipinski definition) is 2. The summed E-state index contributed by atoms with van der Waals surface area (Å²) in [5.74, 6) is -1.24. The van der Waals surface area contributed by atoms with Gasteiger partial charge in [-0.15, -0.1) is 11.3 Å². The lowest BCUT2D eigenvalue weighted by atomic mass is 9.81. The Kier molecular flexibility index (Phi) is 3.89. The van der Waals surface area contributed by atoms with Gasteiger partial charge in [0.05, 0.1) is 10.7 Å². The van der Waals surface area contributed by atoms with E-state index in [0.717, 1.165) is 24.3 Å². The van der Waals surface area contributed by atoms with E-state index >= 15 is 0 Å². The molecule has 0 unspecified atom stereocenters. The molecule has 19 heavy (non-hydrogen) atoms. The number of hydrogen-bond acceptors (Lipinski definition) is 4. The van der Waals surface area contributed by atoms with Crippen LogP contribution in [-0.4, -0.2) is 27.5 Å². The number of nitrogens with one attached hydrogen (secondary N) is 1. The third-order valence-electron chi connectivity index (χ3n) is 3.58. The van der Waals surface area contributed by atoms with Crippen molar-refractivity contribution in [3.8, 4) is 0 Å². The minimum atomic E-state index is -1.10. The highest BCUT2D eigenvalue weighted by Gasteiger charge is 2.41. The molecule has 1 aliphatic carbocycles. The second kappa shape index (κ2) is 5.28. The minimum absolute atomic E-state index is 0.313. The van der Waals surface area contributed by atoms with Crippen LogP contribution in [0.15, 0.2) is 0 Å². The predicted octanol–water partition coefficient (Wildman–Crippen LogP) is 2.28. The largest absolute Gasteiger partial charge is 0.480 e. The molecule has 1 heterocycles. The Morgan fingerprint density at radius 3 is 2.37 bits per heavy atom. The van der Waals surface area contributed by atoms with Crippen LogP contribution in [0.5, 0.6) is 0 Å². The SMILES string of the molecule is Cc1nc(C)c(C(=O)NC2(C(=O)O)CCCCC2)s1. The number of aryl methyl sites for hydroxylation is 2. The van der Waals surface area contributed by atoms with Crippen molar-refractivity contribution in [2.24, 2.45) is 0 Å². The lowest BCUT2D eigenvalue weighted by Crippen LogP contribution is -2.55. The van der Waals surface area contributed by atoms with Crippen molar-refractivity contribution in [2.75, 3.05) is 0 Å². The molecule has 6 heteroatoms. The van der Waals surface area contributed by atoms with E-state index in [-0.39, 0.29) is 5.91 Å². The Labute approximate surface area is 116 Å². The molecular weight excluding hydrogens is 264 g/mol. The number of nitrogens with zero attached hydrogens (tertiary/aromatic N) is 1. The number of amides is 1. The topological polar surface area (TPSA) is 79.3 Å². The van der Waals surface area contributed by atoms with Crippen molar-refractivity contribution >= 4 is 23.2 Å². The quantitative estimate of drug-likeness (QED) is 0.891. The first-order chi connectivity index (χ1) is 8.94. The van der Waals surface area contributed by atoms with Crippen LogP contribution in [-0.2, 0) is 4.79 Å². The number of thiazole rings is 1. The maximum atomic E-state index is 12.3. The molecule has 2 rings (SSSR count). The van der Waals surface area contributed by atoms with Crippen LogP contribution in [0.1, 0.15) is 52.5 Å². The van der Waals surface area contributed by atoms with E-state index in [2.05, 4.69) is 10.3 Å². The maximum Gasteiger partial charge on any atom is 0.329 e. The Morgan fingerprint density at radius 2 is 1.89 bits per heavy atom. The van der Waals surface area contributed by atoms with Crippen LogP contribution in [0, 0.1) is 13.8 Å². The van der Waals surface area contributed by atoms with Gasteiger partial charge in [0.2, 0.25) is 0 Å². The summed E-state index contributed by atoms with van der Waals surface area (Å²) >= 11 is 1.31. The van der Waals surface area contributed by atoms with Gasteiger partial charge in [-0.1, -0.05) is 19.3 Å². The second-order valence-corrected chi connectivity index (χ2v) is 6.25. The smallest absolute Gasteiger partial charge is 0.329 e. The molecule has 1 amide bonds. The average molecular weight is 282 g/mol. The molecule has 2 N–H and O–H groups in total. The van der Waals surface area contributed by atoms with E-state index in [1.807, 2.05) is 6.92 Å². The van der Waals surface area contributed by atoms with Crippen molar-refractivity contribution in [3.05, 3.63) is 15.6 Å². The maximum absolute atomic E-state index is 12.3. The van der Waals surface area contributed by atoms with Crippen molar-refractivity contribution in [2.45, 2.75) is 51.5 Å². The molecule has 1 aromatic heterocycles. The van der Waals surface area contributed by atoms with Gasteiger partial charge in [-0.3, -0.25) is 4.79 Å². The summed E-state index contributed by atoms with van der Waals surface area (Å²) in [6.07, 6.45) is 3.72. The number of aromatic nitrogens is 1. The molecule has 0 aromatic carbocycles. The molecular formula is C13H18N2O3S. The number of carbonyl (C=O) groups excluding carboxylic acids is 1. The zero-order valence-corrected chi connectivity index (χ0v) is 12.0. The Balaban J connectivity index is 2.20. The van der Waals surface area contributed by atoms with Crippen molar-refractivity contribution in [1.82, 2.24) is 10.3 Å². The molecule has 0 atom stereocenters. The zero-order valence-electron chi connectivity index (χ0n) is 11.2. The summed E-state index contributed by atoms with van der Waals surface area (Å²) in [5.41, 5.74) is -0.434. The average Bonchev–Trinajstić information content (AvgIpc) is 2.69. The number of carbonyl (C=O) groups is 2. The van der Waals surface area contributed by atoms with Crippen LogP contribution >= 0.6 is 11.3 Å². The molecule has 5 nitrogen and oxygen atoms in total. The highest BCUT2D eigenvalue weighted by molar-refractivity contribution is 7.13. The van der Waals surface area contributed by atoms with Gasteiger partial charge in [0.1, 0.15) is 10.4 Å². The first kappa shape index (κ1) is 14.0. The summed E-state index contributed by atoms with van der Waals surface area (Å²) in [7, 11) is 0. The van der Waals surface area contributed by atoms with Gasteiger partial charge in [-0.25, -0.2) is 9.78 Å². The van der Waals surface area contributed by atoms with E-state index in [4.69, 9.17) is 0 Å². The van der Waals surface area contributed by atoms with Crippen molar-refractivity contribution in [3.63, 3.8) is 0 Å². The van der Waals surface area contributed by atoms with Gasteiger partial charge in [0.15, 0.2) is 0 Å². The van der Waals surface area contributed by atoms with E-state index in [1.165, 1.54) is 11.3 Å². The van der Waals surface area contributed by atoms with Gasteiger partial charge in [0.25, 0.3) is 5.91 Å². The van der Waals surface area contributed by atoms with E-state index < -0.39 is 11.5 Å². The molecule has 0 aliphatic heterocycles. The molecule has 0 bridgehead atoms. The Morgan fingerprint density at radius 1 is 1.26 bits per heavy atom. The van der Waals surface area contributed by atoms with Crippen LogP contribution in [0.3, 0.4) is 0 Å². The predicted molar refractivity (Wildman–Crippen MR) is 72.5 cm³/mol. The lowest BCUT2D eigenvalue weighted by molar-refractivity contribution is -0.145. The molecule has 0 radical (unpaired) electrons. The highest BCUT2D eigenvalue weighted by atomic mass is 32.1. The minimum Gasteiger partial charge on any atom is -0.480 e. The number of aliphatic carboxylic acids is 1. The summed E-state index contributed by atoms with van der Waals surface area (Å²) < 4.78 is 0. The van der Waals surface area contributed by atoms with Gasteiger partial charge in [-0.05, 0) is 26.7 Å². The van der Waals surface area contributed by atoms with Gasteiger partial charge in [0, 0.05) is 0 Å². The molecule has 1 fully saturated rings. The van der Waals surface area contributed by atoms with E-state index in [1.54, 1.807) is 6.92 Å². The summed E-state index contributed by atoms with van der Waals surface area (Å²) in [5, 5.41) is 13.0. The number of carboxylic acids is 1. The third-order valence-corrected chi connectivity index (χ3v) is 4.65. The Hall–Kier alpha value is -1.43. The fourth-order valence-electron chi connectivity index (χ4n) is 2.56. The molecule has 1 aliphatic rings. The number of carboxylic acid groups (broad SMARTS) is 1. The van der Waals surface area contributed by atoms with Crippen LogP contribution in [0.25, 0.3) is 0 Å². The highest BCUT2D eigenvalue weighted by Crippen LogP contribution is 2.29. The molecule has 0 saturated heterocycles. The summed E-state index contributed by atoms with van der Waals surface area (Å²) in [6, 6.07) is 0.